The third-order valence-electron chi connectivity index (χ3n) is 1.53. The van der Waals surface area contributed by atoms with Crippen LogP contribution in [-0.4, -0.2) is 33.7 Å². The molecule has 0 aliphatic carbocycles. The van der Waals surface area contributed by atoms with Crippen LogP contribution in [0.5, 0.6) is 0 Å². The fourth-order valence-corrected chi connectivity index (χ4v) is 4.53. The van der Waals surface area contributed by atoms with Gasteiger partial charge in [0.2, 0.25) is 0 Å². The summed E-state index contributed by atoms with van der Waals surface area (Å²) in [6, 6.07) is 9.53. The van der Waals surface area contributed by atoms with Crippen molar-refractivity contribution in [2.75, 3.05) is 0 Å². The molecule has 0 radical (unpaired) electrons. The maximum absolute atomic E-state index is 8.69. The molecule has 1 aromatic heterocycles. The molecule has 2 rings (SSSR count). The van der Waals surface area contributed by atoms with Crippen molar-refractivity contribution in [2.45, 2.75) is 0 Å². The van der Waals surface area contributed by atoms with Crippen molar-refractivity contribution < 1.29 is 0 Å². The van der Waals surface area contributed by atoms with Crippen LogP contribution in [0.2, 0.25) is 0 Å². The Morgan fingerprint density at radius 1 is 1.46 bits per heavy atom. The van der Waals surface area contributed by atoms with Gasteiger partial charge in [-0.3, -0.25) is 0 Å². The molecule has 0 bridgehead atoms. The summed E-state index contributed by atoms with van der Waals surface area (Å²) in [7, 11) is 0. The maximum atomic E-state index is 8.69. The second-order valence-corrected chi connectivity index (χ2v) is 6.99. The van der Waals surface area contributed by atoms with E-state index in [0.29, 0.717) is 31.3 Å². The predicted molar refractivity (Wildman–Crippen MR) is 50.5 cm³/mol. The quantitative estimate of drug-likeness (QED) is 0.717. The summed E-state index contributed by atoms with van der Waals surface area (Å²) in [6.07, 6.45) is 0. The van der Waals surface area contributed by atoms with E-state index in [1.165, 1.54) is 0 Å². The summed E-state index contributed by atoms with van der Waals surface area (Å²) in [5.74, 6) is 0.831. The van der Waals surface area contributed by atoms with E-state index in [1.807, 2.05) is 18.2 Å². The number of hydrogen-bond donors (Lipinski definition) is 0. The zero-order valence-corrected chi connectivity index (χ0v) is 9.89. The van der Waals surface area contributed by atoms with Gasteiger partial charge in [-0.05, 0) is 0 Å². The summed E-state index contributed by atoms with van der Waals surface area (Å²) in [4.78, 5) is 0. The van der Waals surface area contributed by atoms with Crippen molar-refractivity contribution in [1.29, 1.82) is 5.26 Å². The van der Waals surface area contributed by atoms with Crippen LogP contribution in [0.4, 0.5) is 0 Å². The molecule has 2 aromatic rings. The van der Waals surface area contributed by atoms with E-state index in [1.54, 1.807) is 6.07 Å². The zero-order chi connectivity index (χ0) is 9.10. The normalized spacial score (nSPS) is 9.46. The van der Waals surface area contributed by atoms with Gasteiger partial charge in [-0.2, -0.15) is 0 Å². The van der Waals surface area contributed by atoms with Crippen molar-refractivity contribution in [3.63, 3.8) is 0 Å². The van der Waals surface area contributed by atoms with Gasteiger partial charge in [0.05, 0.1) is 0 Å². The van der Waals surface area contributed by atoms with Crippen molar-refractivity contribution in [2.24, 2.45) is 0 Å². The van der Waals surface area contributed by atoms with Gasteiger partial charge in [-0.25, -0.2) is 0 Å². The number of benzene rings is 1. The Balaban J connectivity index is 2.49. The molecule has 0 N–H and O–H groups in total. The molecule has 0 spiro atoms. The molecular formula is C8H4N3Se2+. The van der Waals surface area contributed by atoms with Gasteiger partial charge < -0.3 is 0 Å². The van der Waals surface area contributed by atoms with Gasteiger partial charge in [-0.15, -0.1) is 0 Å². The Morgan fingerprint density at radius 3 is 3.08 bits per heavy atom. The van der Waals surface area contributed by atoms with Gasteiger partial charge in [0.25, 0.3) is 0 Å². The van der Waals surface area contributed by atoms with Crippen molar-refractivity contribution in [1.82, 2.24) is 7.96 Å². The molecule has 62 valence electrons. The van der Waals surface area contributed by atoms with Gasteiger partial charge >= 0.3 is 86.2 Å². The molecule has 0 aliphatic rings. The first-order valence-electron chi connectivity index (χ1n) is 3.52. The van der Waals surface area contributed by atoms with Crippen LogP contribution in [0.3, 0.4) is 0 Å². The second-order valence-electron chi connectivity index (χ2n) is 2.35. The first-order valence-corrected chi connectivity index (χ1v) is 9.39. The SMILES string of the molecule is N#Cc1cccc(-c2n[se][se+]n2)c1. The molecule has 0 atom stereocenters. The van der Waals surface area contributed by atoms with Crippen LogP contribution in [0.25, 0.3) is 11.4 Å². The summed E-state index contributed by atoms with van der Waals surface area (Å²) >= 11 is 0.677. The van der Waals surface area contributed by atoms with Gasteiger partial charge in [0, 0.05) is 0 Å². The molecular weight excluding hydrogens is 296 g/mol. The average Bonchev–Trinajstić information content (AvgIpc) is 2.71. The number of rotatable bonds is 1. The molecule has 0 amide bonds. The third kappa shape index (κ3) is 1.93. The van der Waals surface area contributed by atoms with E-state index >= 15 is 0 Å². The van der Waals surface area contributed by atoms with Crippen LogP contribution >= 0.6 is 0 Å². The molecule has 5 heteroatoms. The van der Waals surface area contributed by atoms with Crippen LogP contribution in [-0.2, 0) is 0 Å². The van der Waals surface area contributed by atoms with E-state index in [9.17, 15) is 0 Å². The monoisotopic (exact) mass is 302 g/mol. The second kappa shape index (κ2) is 3.95. The molecule has 13 heavy (non-hydrogen) atoms. The molecule has 0 fully saturated rings. The van der Waals surface area contributed by atoms with Crippen molar-refractivity contribution >= 4 is 25.7 Å². The number of nitrogens with zero attached hydrogens (tertiary/aromatic N) is 3. The first kappa shape index (κ1) is 8.80. The van der Waals surface area contributed by atoms with Crippen molar-refractivity contribution in [3.8, 4) is 17.5 Å². The number of hydrogen-bond acceptors (Lipinski definition) is 3. The van der Waals surface area contributed by atoms with E-state index in [2.05, 4.69) is 14.0 Å². The van der Waals surface area contributed by atoms with Crippen LogP contribution < -0.4 is 0 Å². The fourth-order valence-electron chi connectivity index (χ4n) is 0.954. The summed E-state index contributed by atoms with van der Waals surface area (Å²) in [5, 5.41) is 8.69. The molecule has 0 saturated heterocycles. The first-order chi connectivity index (χ1) is 6.40. The summed E-state index contributed by atoms with van der Waals surface area (Å²) in [5.41, 5.74) is 1.64. The van der Waals surface area contributed by atoms with E-state index in [-0.39, 0.29) is 0 Å². The van der Waals surface area contributed by atoms with Crippen LogP contribution in [0.1, 0.15) is 5.56 Å². The topological polar surface area (TPSA) is 49.6 Å². The molecule has 1 aromatic carbocycles. The Bertz CT molecular complexity index is 445. The minimum atomic E-state index is 0.338. The Labute approximate surface area is 86.2 Å². The van der Waals surface area contributed by atoms with E-state index in [0.717, 1.165) is 11.4 Å². The van der Waals surface area contributed by atoms with E-state index in [4.69, 9.17) is 5.26 Å². The third-order valence-corrected chi connectivity index (χ3v) is 5.06. The summed E-state index contributed by atoms with van der Waals surface area (Å²) < 4.78 is 8.62. The van der Waals surface area contributed by atoms with Gasteiger partial charge in [0.1, 0.15) is 0 Å². The van der Waals surface area contributed by atoms with Crippen LogP contribution in [0.15, 0.2) is 24.3 Å². The fraction of sp³-hybridized carbons (Fsp3) is 0. The average molecular weight is 300 g/mol. The molecule has 1 heterocycles. The van der Waals surface area contributed by atoms with E-state index < -0.39 is 0 Å². The van der Waals surface area contributed by atoms with Crippen LogP contribution in [0, 0.1) is 11.3 Å². The van der Waals surface area contributed by atoms with Gasteiger partial charge in [-0.1, -0.05) is 0 Å². The zero-order valence-electron chi connectivity index (χ0n) is 6.47. The number of aromatic nitrogens is 2. The Hall–Kier alpha value is -0.781. The number of nitriles is 1. The molecule has 0 unspecified atom stereocenters. The standard InChI is InChI=1S/C8H4N3Se2/c9-5-6-2-1-3-7(4-6)8-10-12-13-11-8/h1-4H/q+1. The molecule has 3 nitrogen and oxygen atoms in total. The minimum absolute atomic E-state index is 0.338. The van der Waals surface area contributed by atoms with Crippen molar-refractivity contribution in [3.05, 3.63) is 29.8 Å². The predicted octanol–water partition coefficient (Wildman–Crippen LogP) is 0.410. The van der Waals surface area contributed by atoms with Gasteiger partial charge in [0.15, 0.2) is 0 Å². The molecule has 0 saturated carbocycles. The summed E-state index contributed by atoms with van der Waals surface area (Å²) in [6.45, 7) is 0. The Morgan fingerprint density at radius 2 is 2.38 bits per heavy atom. The Kier molecular flexibility index (Phi) is 2.68. The molecule has 0 aliphatic heterocycles.